The lowest BCUT2D eigenvalue weighted by molar-refractivity contribution is -0.167. The molecule has 0 amide bonds. The molecule has 1 aromatic carbocycles. The number of piperidine rings is 1. The number of hydrogen-bond donors (Lipinski definition) is 1. The highest BCUT2D eigenvalue weighted by molar-refractivity contribution is 5.77. The topological polar surface area (TPSA) is 53.7 Å². The van der Waals surface area contributed by atoms with Crippen molar-refractivity contribution in [2.75, 3.05) is 13.1 Å². The van der Waals surface area contributed by atoms with Gasteiger partial charge in [-0.3, -0.25) is 9.69 Å². The fraction of sp³-hybridized carbons (Fsp3) is 0.400. The van der Waals surface area contributed by atoms with Gasteiger partial charge >= 0.3 is 5.97 Å². The van der Waals surface area contributed by atoms with Gasteiger partial charge in [0.05, 0.1) is 6.54 Å². The molecule has 3 rings (SSSR count). The van der Waals surface area contributed by atoms with E-state index in [1.165, 1.54) is 0 Å². The Balaban J connectivity index is 1.74. The van der Waals surface area contributed by atoms with Crippen molar-refractivity contribution >= 4 is 16.9 Å². The first-order valence-corrected chi connectivity index (χ1v) is 6.76. The fourth-order valence-corrected chi connectivity index (χ4v) is 2.70. The van der Waals surface area contributed by atoms with Crippen molar-refractivity contribution in [2.24, 2.45) is 5.92 Å². The highest BCUT2D eigenvalue weighted by Crippen LogP contribution is 2.34. The number of hydrogen-bond acceptors (Lipinski definition) is 3. The maximum absolute atomic E-state index is 13.6. The molecule has 6 heteroatoms. The van der Waals surface area contributed by atoms with Crippen molar-refractivity contribution in [3.8, 4) is 0 Å². The van der Waals surface area contributed by atoms with Gasteiger partial charge in [0, 0.05) is 24.9 Å². The van der Waals surface area contributed by atoms with Crippen LogP contribution in [0.25, 0.3) is 11.0 Å². The summed E-state index contributed by atoms with van der Waals surface area (Å²) in [6.45, 7) is 0.335. The zero-order valence-electron chi connectivity index (χ0n) is 11.3. The summed E-state index contributed by atoms with van der Waals surface area (Å²) in [5.41, 5.74) is 0.740. The number of fused-ring (bicyclic) bond motifs is 1. The van der Waals surface area contributed by atoms with Crippen molar-refractivity contribution in [3.63, 3.8) is 0 Å². The predicted octanol–water partition coefficient (Wildman–Crippen LogP) is 2.97. The maximum Gasteiger partial charge on any atom is 0.313 e. The van der Waals surface area contributed by atoms with E-state index in [0.29, 0.717) is 12.3 Å². The van der Waals surface area contributed by atoms with E-state index < -0.39 is 24.2 Å². The van der Waals surface area contributed by atoms with Gasteiger partial charge in [-0.1, -0.05) is 18.2 Å². The van der Waals surface area contributed by atoms with E-state index in [1.54, 1.807) is 4.90 Å². The number of carboxylic acid groups (broad SMARTS) is 1. The monoisotopic (exact) mass is 295 g/mol. The zero-order chi connectivity index (χ0) is 15.0. The number of carbonyl (C=O) groups is 1. The van der Waals surface area contributed by atoms with Crippen molar-refractivity contribution in [1.29, 1.82) is 0 Å². The van der Waals surface area contributed by atoms with Crippen molar-refractivity contribution in [1.82, 2.24) is 4.90 Å². The molecule has 0 radical (unpaired) electrons. The second kappa shape index (κ2) is 5.11. The molecule has 1 aromatic heterocycles. The van der Waals surface area contributed by atoms with E-state index in [-0.39, 0.29) is 13.1 Å². The van der Waals surface area contributed by atoms with Crippen LogP contribution in [-0.2, 0) is 11.3 Å². The molecule has 1 fully saturated rings. The maximum atomic E-state index is 13.6. The fourth-order valence-electron chi connectivity index (χ4n) is 2.70. The molecule has 1 saturated heterocycles. The number of benzene rings is 1. The molecule has 0 spiro atoms. The lowest BCUT2D eigenvalue weighted by Gasteiger charge is -2.35. The molecule has 2 aromatic rings. The second-order valence-electron chi connectivity index (χ2n) is 5.39. The summed E-state index contributed by atoms with van der Waals surface area (Å²) >= 11 is 0. The molecule has 21 heavy (non-hydrogen) atoms. The third kappa shape index (κ3) is 2.76. The van der Waals surface area contributed by atoms with E-state index in [2.05, 4.69) is 0 Å². The van der Waals surface area contributed by atoms with Gasteiger partial charge in [0.1, 0.15) is 17.3 Å². The summed E-state index contributed by atoms with van der Waals surface area (Å²) in [4.78, 5) is 12.7. The molecule has 1 unspecified atom stereocenters. The molecule has 1 atom stereocenters. The first kappa shape index (κ1) is 14.0. The van der Waals surface area contributed by atoms with Gasteiger partial charge in [-0.2, -0.15) is 0 Å². The molecule has 4 nitrogen and oxygen atoms in total. The minimum absolute atomic E-state index is 0.161. The highest BCUT2D eigenvalue weighted by atomic mass is 19.3. The van der Waals surface area contributed by atoms with Gasteiger partial charge in [-0.05, 0) is 12.1 Å². The Kier molecular flexibility index (Phi) is 3.41. The molecular weight excluding hydrogens is 280 g/mol. The number of carboxylic acids is 1. The number of furan rings is 1. The van der Waals surface area contributed by atoms with Crippen LogP contribution in [-0.4, -0.2) is 35.0 Å². The van der Waals surface area contributed by atoms with E-state index in [4.69, 9.17) is 9.52 Å². The zero-order valence-corrected chi connectivity index (χ0v) is 11.3. The smallest absolute Gasteiger partial charge is 0.313 e. The van der Waals surface area contributed by atoms with Crippen LogP contribution in [0.15, 0.2) is 34.7 Å². The van der Waals surface area contributed by atoms with Crippen LogP contribution in [0.1, 0.15) is 12.2 Å². The van der Waals surface area contributed by atoms with E-state index in [0.717, 1.165) is 11.0 Å². The Labute approximate surface area is 120 Å². The quantitative estimate of drug-likeness (QED) is 0.946. The minimum Gasteiger partial charge on any atom is -0.481 e. The molecule has 112 valence electrons. The number of likely N-dealkylation sites (tertiary alicyclic amines) is 1. The summed E-state index contributed by atoms with van der Waals surface area (Å²) < 4.78 is 32.8. The summed E-state index contributed by atoms with van der Waals surface area (Å²) in [5, 5.41) is 9.89. The molecule has 1 aliphatic heterocycles. The second-order valence-corrected chi connectivity index (χ2v) is 5.39. The Morgan fingerprint density at radius 2 is 2.19 bits per heavy atom. The van der Waals surface area contributed by atoms with Crippen molar-refractivity contribution in [3.05, 3.63) is 36.1 Å². The Morgan fingerprint density at radius 1 is 1.43 bits per heavy atom. The molecular formula is C15H15F2NO3. The van der Waals surface area contributed by atoms with E-state index >= 15 is 0 Å². The van der Waals surface area contributed by atoms with E-state index in [9.17, 15) is 13.6 Å². The van der Waals surface area contributed by atoms with Crippen LogP contribution in [0.5, 0.6) is 0 Å². The summed E-state index contributed by atoms with van der Waals surface area (Å²) in [5.74, 6) is -5.59. The summed E-state index contributed by atoms with van der Waals surface area (Å²) in [7, 11) is 0. The largest absolute Gasteiger partial charge is 0.481 e. The van der Waals surface area contributed by atoms with Crippen LogP contribution in [0, 0.1) is 5.92 Å². The van der Waals surface area contributed by atoms with Gasteiger partial charge in [-0.15, -0.1) is 0 Å². The van der Waals surface area contributed by atoms with Crippen molar-refractivity contribution < 1.29 is 23.1 Å². The summed E-state index contributed by atoms with van der Waals surface area (Å²) in [6, 6.07) is 9.36. The Morgan fingerprint density at radius 3 is 2.90 bits per heavy atom. The molecule has 0 aliphatic carbocycles. The Hall–Kier alpha value is -1.95. The number of alkyl halides is 2. The van der Waals surface area contributed by atoms with Crippen LogP contribution < -0.4 is 0 Å². The van der Waals surface area contributed by atoms with Gasteiger partial charge in [-0.25, -0.2) is 8.78 Å². The number of halogens is 2. The minimum atomic E-state index is -3.14. The van der Waals surface area contributed by atoms with Gasteiger partial charge in [0.25, 0.3) is 5.92 Å². The summed E-state index contributed by atoms with van der Waals surface area (Å²) in [6.07, 6.45) is -0.440. The van der Waals surface area contributed by atoms with Crippen LogP contribution in [0.2, 0.25) is 0 Å². The average Bonchev–Trinajstić information content (AvgIpc) is 2.82. The molecule has 0 saturated carbocycles. The standard InChI is InChI=1S/C15H15F2NO3/c16-15(17)5-6-18(9-12(15)14(19)20)8-11-7-10-3-1-2-4-13(10)21-11/h1-4,7,12H,5-6,8-9H2,(H,19,20). The van der Waals surface area contributed by atoms with Crippen LogP contribution in [0.3, 0.4) is 0 Å². The Bertz CT molecular complexity index is 635. The predicted molar refractivity (Wildman–Crippen MR) is 72.2 cm³/mol. The van der Waals surface area contributed by atoms with Gasteiger partial charge in [0.2, 0.25) is 0 Å². The third-order valence-electron chi connectivity index (χ3n) is 3.87. The normalized spacial score (nSPS) is 22.5. The van der Waals surface area contributed by atoms with Crippen molar-refractivity contribution in [2.45, 2.75) is 18.9 Å². The molecule has 0 bridgehead atoms. The first-order valence-electron chi connectivity index (χ1n) is 6.76. The number of nitrogens with zero attached hydrogens (tertiary/aromatic N) is 1. The molecule has 2 heterocycles. The van der Waals surface area contributed by atoms with E-state index in [1.807, 2.05) is 30.3 Å². The van der Waals surface area contributed by atoms with Crippen LogP contribution in [0.4, 0.5) is 8.78 Å². The number of para-hydroxylation sites is 1. The van der Waals surface area contributed by atoms with Crippen LogP contribution >= 0.6 is 0 Å². The number of aliphatic carboxylic acids is 1. The molecule has 1 N–H and O–H groups in total. The highest BCUT2D eigenvalue weighted by Gasteiger charge is 2.48. The van der Waals surface area contributed by atoms with Gasteiger partial charge < -0.3 is 9.52 Å². The lowest BCUT2D eigenvalue weighted by Crippen LogP contribution is -2.49. The lowest BCUT2D eigenvalue weighted by atomic mass is 9.93. The molecule has 1 aliphatic rings. The third-order valence-corrected chi connectivity index (χ3v) is 3.87. The van der Waals surface area contributed by atoms with Gasteiger partial charge in [0.15, 0.2) is 0 Å². The SMILES string of the molecule is O=C(O)C1CN(Cc2cc3ccccc3o2)CCC1(F)F. The number of rotatable bonds is 3. The average molecular weight is 295 g/mol. The first-order chi connectivity index (χ1) is 9.95.